The van der Waals surface area contributed by atoms with E-state index in [-0.39, 0.29) is 43.2 Å². The van der Waals surface area contributed by atoms with E-state index < -0.39 is 0 Å². The van der Waals surface area contributed by atoms with E-state index in [1.165, 1.54) is 7.11 Å². The molecule has 2 rings (SSSR count). The molecule has 128 valence electrons. The smallest absolute Gasteiger partial charge is 0.410 e. The Balaban J connectivity index is 0.00000264. The number of rotatable bonds is 3. The highest BCUT2D eigenvalue weighted by Gasteiger charge is 2.29. The molecule has 7 heteroatoms. The number of carbonyl (C=O) groups excluding carboxylic acids is 2. The highest BCUT2D eigenvalue weighted by molar-refractivity contribution is 5.89. The average Bonchev–Trinajstić information content (AvgIpc) is 2.52. The van der Waals surface area contributed by atoms with Gasteiger partial charge in [-0.25, -0.2) is 9.59 Å². The van der Waals surface area contributed by atoms with Gasteiger partial charge in [-0.05, 0) is 31.5 Å². The topological polar surface area (TPSA) is 67.9 Å². The zero-order valence-electron chi connectivity index (χ0n) is 13.6. The normalized spacial score (nSPS) is 20.4. The Kier molecular flexibility index (Phi) is 7.32. The highest BCUT2D eigenvalue weighted by Crippen LogP contribution is 2.13. The molecule has 23 heavy (non-hydrogen) atoms. The molecule has 1 heterocycles. The molecular formula is C16H23ClN2O4. The van der Waals surface area contributed by atoms with Gasteiger partial charge in [0.05, 0.1) is 12.7 Å². The van der Waals surface area contributed by atoms with Gasteiger partial charge in [0.2, 0.25) is 0 Å². The lowest BCUT2D eigenvalue weighted by atomic mass is 10.1. The molecule has 2 atom stereocenters. The number of amides is 1. The molecule has 1 aromatic carbocycles. The molecule has 0 aliphatic carbocycles. The molecule has 0 unspecified atom stereocenters. The fourth-order valence-corrected chi connectivity index (χ4v) is 2.57. The number of benzene rings is 1. The van der Waals surface area contributed by atoms with Crippen LogP contribution >= 0.6 is 12.4 Å². The van der Waals surface area contributed by atoms with Crippen LogP contribution in [0.25, 0.3) is 0 Å². The summed E-state index contributed by atoms with van der Waals surface area (Å²) in [5, 5.41) is 3.27. The number of esters is 1. The monoisotopic (exact) mass is 342 g/mol. The third-order valence-electron chi connectivity index (χ3n) is 3.78. The van der Waals surface area contributed by atoms with Gasteiger partial charge in [0.25, 0.3) is 0 Å². The van der Waals surface area contributed by atoms with Crippen LogP contribution in [0.3, 0.4) is 0 Å². The second-order valence-electron chi connectivity index (χ2n) is 5.51. The lowest BCUT2D eigenvalue weighted by Gasteiger charge is -2.38. The molecule has 1 aliphatic heterocycles. The van der Waals surface area contributed by atoms with E-state index in [1.54, 1.807) is 29.2 Å². The molecule has 0 spiro atoms. The number of halogens is 1. The summed E-state index contributed by atoms with van der Waals surface area (Å²) < 4.78 is 10.0. The average molecular weight is 343 g/mol. The third kappa shape index (κ3) is 4.84. The van der Waals surface area contributed by atoms with Crippen LogP contribution in [0.2, 0.25) is 0 Å². The molecule has 0 aromatic heterocycles. The number of hydrogen-bond acceptors (Lipinski definition) is 5. The molecular weight excluding hydrogens is 320 g/mol. The lowest BCUT2D eigenvalue weighted by molar-refractivity contribution is 0.0559. The largest absolute Gasteiger partial charge is 0.465 e. The molecule has 0 radical (unpaired) electrons. The van der Waals surface area contributed by atoms with Crippen LogP contribution in [0, 0.1) is 0 Å². The Bertz CT molecular complexity index is 525. The summed E-state index contributed by atoms with van der Waals surface area (Å²) in [5.74, 6) is -0.382. The van der Waals surface area contributed by atoms with E-state index in [4.69, 9.17) is 4.74 Å². The van der Waals surface area contributed by atoms with Crippen LogP contribution in [-0.4, -0.2) is 49.2 Å². The van der Waals surface area contributed by atoms with Crippen molar-refractivity contribution in [3.63, 3.8) is 0 Å². The van der Waals surface area contributed by atoms with E-state index in [1.807, 2.05) is 13.8 Å². The molecule has 1 aromatic rings. The minimum atomic E-state index is -0.382. The van der Waals surface area contributed by atoms with Crippen LogP contribution in [0.1, 0.15) is 29.8 Å². The maximum Gasteiger partial charge on any atom is 0.410 e. The fourth-order valence-electron chi connectivity index (χ4n) is 2.57. The van der Waals surface area contributed by atoms with E-state index in [2.05, 4.69) is 10.1 Å². The second-order valence-corrected chi connectivity index (χ2v) is 5.51. The first-order valence-corrected chi connectivity index (χ1v) is 7.36. The molecule has 1 N–H and O–H groups in total. The van der Waals surface area contributed by atoms with Gasteiger partial charge in [-0.15, -0.1) is 12.4 Å². The van der Waals surface area contributed by atoms with Crippen molar-refractivity contribution in [2.24, 2.45) is 0 Å². The summed E-state index contributed by atoms with van der Waals surface area (Å²) in [6.07, 6.45) is -0.307. The van der Waals surface area contributed by atoms with Crippen molar-refractivity contribution in [2.75, 3.05) is 20.2 Å². The van der Waals surface area contributed by atoms with Crippen molar-refractivity contribution in [2.45, 2.75) is 32.5 Å². The summed E-state index contributed by atoms with van der Waals surface area (Å²) >= 11 is 0. The number of piperazine rings is 1. The van der Waals surface area contributed by atoms with E-state index in [0.717, 1.165) is 18.7 Å². The minimum absolute atomic E-state index is 0. The summed E-state index contributed by atoms with van der Waals surface area (Å²) in [7, 11) is 1.34. The Hall–Kier alpha value is -1.79. The van der Waals surface area contributed by atoms with E-state index >= 15 is 0 Å². The fraction of sp³-hybridized carbons (Fsp3) is 0.500. The molecule has 1 saturated heterocycles. The van der Waals surface area contributed by atoms with Gasteiger partial charge in [0.15, 0.2) is 0 Å². The van der Waals surface area contributed by atoms with Gasteiger partial charge >= 0.3 is 12.1 Å². The molecule has 1 fully saturated rings. The van der Waals surface area contributed by atoms with Crippen molar-refractivity contribution in [1.29, 1.82) is 0 Å². The van der Waals surface area contributed by atoms with Crippen molar-refractivity contribution < 1.29 is 19.1 Å². The molecule has 0 saturated carbocycles. The van der Waals surface area contributed by atoms with Crippen molar-refractivity contribution in [3.05, 3.63) is 35.4 Å². The number of hydrogen-bond donors (Lipinski definition) is 1. The maximum absolute atomic E-state index is 12.2. The standard InChI is InChI=1S/C16H22N2O4.ClH/c1-11-8-17-9-12(2)18(11)16(20)22-10-13-4-6-14(7-5-13)15(19)21-3;/h4-7,11-12,17H,8-10H2,1-3H3;1H/t11-,12+;. The number of nitrogens with one attached hydrogen (secondary N) is 1. The zero-order valence-corrected chi connectivity index (χ0v) is 14.4. The number of nitrogens with zero attached hydrogens (tertiary/aromatic N) is 1. The van der Waals surface area contributed by atoms with Crippen LogP contribution in [-0.2, 0) is 16.1 Å². The third-order valence-corrected chi connectivity index (χ3v) is 3.78. The maximum atomic E-state index is 12.2. The van der Waals surface area contributed by atoms with Crippen LogP contribution in [0.5, 0.6) is 0 Å². The minimum Gasteiger partial charge on any atom is -0.465 e. The summed E-state index contributed by atoms with van der Waals surface area (Å²) in [4.78, 5) is 25.3. The van der Waals surface area contributed by atoms with Gasteiger partial charge in [-0.2, -0.15) is 0 Å². The van der Waals surface area contributed by atoms with Crippen LogP contribution < -0.4 is 5.32 Å². The van der Waals surface area contributed by atoms with E-state index in [9.17, 15) is 9.59 Å². The Morgan fingerprint density at radius 2 is 1.74 bits per heavy atom. The Morgan fingerprint density at radius 1 is 1.17 bits per heavy atom. The SMILES string of the molecule is COC(=O)c1ccc(COC(=O)N2[C@H](C)CNC[C@@H]2C)cc1.Cl. The lowest BCUT2D eigenvalue weighted by Crippen LogP contribution is -2.57. The first kappa shape index (κ1) is 19.3. The Labute approximate surface area is 142 Å². The summed E-state index contributed by atoms with van der Waals surface area (Å²) in [6.45, 7) is 5.72. The summed E-state index contributed by atoms with van der Waals surface area (Å²) in [5.41, 5.74) is 1.30. The molecule has 6 nitrogen and oxygen atoms in total. The van der Waals surface area contributed by atoms with Crippen molar-refractivity contribution in [3.8, 4) is 0 Å². The molecule has 1 amide bonds. The van der Waals surface area contributed by atoms with Crippen molar-refractivity contribution in [1.82, 2.24) is 10.2 Å². The van der Waals surface area contributed by atoms with Gasteiger partial charge in [0, 0.05) is 25.2 Å². The molecule has 1 aliphatic rings. The van der Waals surface area contributed by atoms with Crippen LogP contribution in [0.15, 0.2) is 24.3 Å². The number of ether oxygens (including phenoxy) is 2. The van der Waals surface area contributed by atoms with Crippen molar-refractivity contribution >= 4 is 24.5 Å². The van der Waals surface area contributed by atoms with Crippen LogP contribution in [0.4, 0.5) is 4.79 Å². The van der Waals surface area contributed by atoms with Gasteiger partial charge in [0.1, 0.15) is 6.61 Å². The van der Waals surface area contributed by atoms with Gasteiger partial charge in [-0.3, -0.25) is 0 Å². The predicted molar refractivity (Wildman–Crippen MR) is 88.8 cm³/mol. The second kappa shape index (κ2) is 8.74. The highest BCUT2D eigenvalue weighted by atomic mass is 35.5. The first-order chi connectivity index (χ1) is 10.5. The van der Waals surface area contributed by atoms with Gasteiger partial charge < -0.3 is 19.7 Å². The number of carbonyl (C=O) groups is 2. The first-order valence-electron chi connectivity index (χ1n) is 7.36. The summed E-state index contributed by atoms with van der Waals surface area (Å²) in [6, 6.07) is 7.04. The Morgan fingerprint density at radius 3 is 2.26 bits per heavy atom. The molecule has 0 bridgehead atoms. The number of methoxy groups -OCH3 is 1. The zero-order chi connectivity index (χ0) is 16.1. The van der Waals surface area contributed by atoms with E-state index in [0.29, 0.717) is 5.56 Å². The predicted octanol–water partition coefficient (Wildman–Crippen LogP) is 2.21. The van der Waals surface area contributed by atoms with Gasteiger partial charge in [-0.1, -0.05) is 12.1 Å². The quantitative estimate of drug-likeness (QED) is 0.853.